The molecule has 1 amide bonds. The van der Waals surface area contributed by atoms with E-state index in [9.17, 15) is 4.79 Å². The number of anilines is 1. The van der Waals surface area contributed by atoms with Gasteiger partial charge in [-0.2, -0.15) is 0 Å². The number of carbonyl (C=O) groups is 1. The molecule has 1 aromatic heterocycles. The van der Waals surface area contributed by atoms with Crippen LogP contribution in [0.5, 0.6) is 0 Å². The largest absolute Gasteiger partial charge is 0.447 e. The lowest BCUT2D eigenvalue weighted by atomic mass is 10.5. The highest BCUT2D eigenvalue weighted by atomic mass is 16.6. The van der Waals surface area contributed by atoms with E-state index < -0.39 is 0 Å². The highest BCUT2D eigenvalue weighted by Gasteiger charge is 2.24. The highest BCUT2D eigenvalue weighted by Crippen LogP contribution is 2.12. The van der Waals surface area contributed by atoms with Crippen LogP contribution in [0.25, 0.3) is 0 Å². The number of rotatable bonds is 1. The van der Waals surface area contributed by atoms with E-state index in [1.54, 1.807) is 12.4 Å². The van der Waals surface area contributed by atoms with E-state index in [-0.39, 0.29) is 6.09 Å². The van der Waals surface area contributed by atoms with Crippen LogP contribution in [0.15, 0.2) is 18.6 Å². The van der Waals surface area contributed by atoms with Crippen molar-refractivity contribution in [3.8, 4) is 0 Å². The first-order valence-electron chi connectivity index (χ1n) is 3.58. The Morgan fingerprint density at radius 3 is 3.00 bits per heavy atom. The Balaban J connectivity index is 2.25. The Labute approximate surface area is 69.0 Å². The lowest BCUT2D eigenvalue weighted by molar-refractivity contribution is 0.181. The van der Waals surface area contributed by atoms with Crippen LogP contribution in [0.3, 0.4) is 0 Å². The lowest BCUT2D eigenvalue weighted by Crippen LogP contribution is -2.24. The van der Waals surface area contributed by atoms with E-state index in [1.807, 2.05) is 0 Å². The molecule has 0 radical (unpaired) electrons. The Hall–Kier alpha value is -1.65. The molecule has 0 N–H and O–H groups in total. The molecule has 1 saturated heterocycles. The maximum Gasteiger partial charge on any atom is 0.415 e. The third-order valence-corrected chi connectivity index (χ3v) is 1.59. The fraction of sp³-hybridized carbons (Fsp3) is 0.286. The molecule has 0 atom stereocenters. The van der Waals surface area contributed by atoms with E-state index >= 15 is 0 Å². The van der Waals surface area contributed by atoms with E-state index in [0.29, 0.717) is 19.0 Å². The van der Waals surface area contributed by atoms with Crippen molar-refractivity contribution in [3.05, 3.63) is 18.6 Å². The van der Waals surface area contributed by atoms with Gasteiger partial charge in [0.2, 0.25) is 0 Å². The predicted octanol–water partition coefficient (Wildman–Crippen LogP) is 0.433. The maximum atomic E-state index is 11.0. The average Bonchev–Trinajstić information content (AvgIpc) is 2.53. The van der Waals surface area contributed by atoms with Crippen molar-refractivity contribution in [2.45, 2.75) is 0 Å². The minimum Gasteiger partial charge on any atom is -0.447 e. The van der Waals surface area contributed by atoms with Crippen molar-refractivity contribution in [2.24, 2.45) is 0 Å². The van der Waals surface area contributed by atoms with Gasteiger partial charge in [-0.1, -0.05) is 0 Å². The van der Waals surface area contributed by atoms with Gasteiger partial charge in [-0.3, -0.25) is 9.88 Å². The number of cyclic esters (lactones) is 1. The number of hydrogen-bond donors (Lipinski definition) is 0. The molecule has 0 aliphatic carbocycles. The number of ether oxygens (including phenoxy) is 1. The minimum absolute atomic E-state index is 0.351. The summed E-state index contributed by atoms with van der Waals surface area (Å²) < 4.78 is 4.74. The molecule has 2 heterocycles. The zero-order valence-electron chi connectivity index (χ0n) is 6.30. The van der Waals surface area contributed by atoms with Gasteiger partial charge in [0.1, 0.15) is 6.61 Å². The van der Waals surface area contributed by atoms with E-state index in [2.05, 4.69) is 9.97 Å². The molecule has 5 heteroatoms. The van der Waals surface area contributed by atoms with Gasteiger partial charge in [0.15, 0.2) is 5.82 Å². The van der Waals surface area contributed by atoms with Gasteiger partial charge >= 0.3 is 6.09 Å². The molecule has 1 aliphatic rings. The van der Waals surface area contributed by atoms with Crippen LogP contribution in [-0.2, 0) is 4.74 Å². The molecule has 12 heavy (non-hydrogen) atoms. The van der Waals surface area contributed by atoms with Crippen LogP contribution in [0, 0.1) is 0 Å². The smallest absolute Gasteiger partial charge is 0.415 e. The average molecular weight is 165 g/mol. The zero-order valence-corrected chi connectivity index (χ0v) is 6.30. The predicted molar refractivity (Wildman–Crippen MR) is 40.7 cm³/mol. The number of amides is 1. The van der Waals surface area contributed by atoms with Crippen molar-refractivity contribution in [1.29, 1.82) is 0 Å². The molecule has 0 aromatic carbocycles. The molecule has 0 bridgehead atoms. The maximum absolute atomic E-state index is 11.0. The number of aromatic nitrogens is 2. The van der Waals surface area contributed by atoms with Gasteiger partial charge in [0.05, 0.1) is 12.7 Å². The SMILES string of the molecule is O=C1OCCN1c1cnccn1. The molecule has 62 valence electrons. The van der Waals surface area contributed by atoms with Crippen LogP contribution in [0.4, 0.5) is 10.6 Å². The second-order valence-corrected chi connectivity index (χ2v) is 2.33. The molecule has 5 nitrogen and oxygen atoms in total. The summed E-state index contributed by atoms with van der Waals surface area (Å²) in [5, 5.41) is 0. The van der Waals surface area contributed by atoms with Gasteiger partial charge < -0.3 is 4.74 Å². The van der Waals surface area contributed by atoms with Crippen LogP contribution < -0.4 is 4.90 Å². The first kappa shape index (κ1) is 7.02. The Morgan fingerprint density at radius 2 is 2.42 bits per heavy atom. The van der Waals surface area contributed by atoms with Gasteiger partial charge in [-0.25, -0.2) is 9.78 Å². The summed E-state index contributed by atoms with van der Waals surface area (Å²) >= 11 is 0. The summed E-state index contributed by atoms with van der Waals surface area (Å²) in [5.74, 6) is 0.542. The second-order valence-electron chi connectivity index (χ2n) is 2.33. The van der Waals surface area contributed by atoms with Gasteiger partial charge in [0, 0.05) is 12.4 Å². The molecule has 0 spiro atoms. The second kappa shape index (κ2) is 2.77. The molecule has 1 aliphatic heterocycles. The first-order chi connectivity index (χ1) is 5.88. The normalized spacial score (nSPS) is 16.3. The molecular weight excluding hydrogens is 158 g/mol. The van der Waals surface area contributed by atoms with Crippen molar-refractivity contribution >= 4 is 11.9 Å². The van der Waals surface area contributed by atoms with Crippen LogP contribution in [0.2, 0.25) is 0 Å². The third kappa shape index (κ3) is 1.09. The molecule has 0 unspecified atom stereocenters. The Bertz CT molecular complexity index is 288. The molecule has 0 saturated carbocycles. The summed E-state index contributed by atoms with van der Waals surface area (Å²) in [6, 6.07) is 0. The summed E-state index contributed by atoms with van der Waals surface area (Å²) in [5.41, 5.74) is 0. The summed E-state index contributed by atoms with van der Waals surface area (Å²) in [7, 11) is 0. The standard InChI is InChI=1S/C7H7N3O2/c11-7-10(3-4-12-7)6-5-8-1-2-9-6/h1-2,5H,3-4H2. The minimum atomic E-state index is -0.351. The highest BCUT2D eigenvalue weighted by molar-refractivity contribution is 5.87. The van der Waals surface area contributed by atoms with Crippen LogP contribution in [-0.4, -0.2) is 29.2 Å². The van der Waals surface area contributed by atoms with Crippen LogP contribution >= 0.6 is 0 Å². The van der Waals surface area contributed by atoms with Crippen molar-refractivity contribution in [1.82, 2.24) is 9.97 Å². The van der Waals surface area contributed by atoms with Gasteiger partial charge in [0.25, 0.3) is 0 Å². The molecular formula is C7H7N3O2. The summed E-state index contributed by atoms with van der Waals surface area (Å²) in [6.45, 7) is 0.979. The monoisotopic (exact) mass is 165 g/mol. The molecule has 1 aromatic rings. The Morgan fingerprint density at radius 1 is 1.50 bits per heavy atom. The fourth-order valence-corrected chi connectivity index (χ4v) is 1.03. The summed E-state index contributed by atoms with van der Waals surface area (Å²) in [4.78, 5) is 20.3. The molecule has 1 fully saturated rings. The number of carbonyl (C=O) groups excluding carboxylic acids is 1. The topological polar surface area (TPSA) is 55.3 Å². The third-order valence-electron chi connectivity index (χ3n) is 1.59. The first-order valence-corrected chi connectivity index (χ1v) is 3.58. The zero-order chi connectivity index (χ0) is 8.39. The fourth-order valence-electron chi connectivity index (χ4n) is 1.03. The Kier molecular flexibility index (Phi) is 1.62. The van der Waals surface area contributed by atoms with Crippen molar-refractivity contribution in [2.75, 3.05) is 18.1 Å². The quantitative estimate of drug-likeness (QED) is 0.605. The number of hydrogen-bond acceptors (Lipinski definition) is 4. The number of nitrogens with zero attached hydrogens (tertiary/aromatic N) is 3. The van der Waals surface area contributed by atoms with Crippen LogP contribution in [0.1, 0.15) is 0 Å². The van der Waals surface area contributed by atoms with E-state index in [4.69, 9.17) is 4.74 Å². The van der Waals surface area contributed by atoms with Gasteiger partial charge in [-0.05, 0) is 0 Å². The van der Waals surface area contributed by atoms with E-state index in [0.717, 1.165) is 0 Å². The lowest BCUT2D eigenvalue weighted by Gasteiger charge is -2.08. The summed E-state index contributed by atoms with van der Waals surface area (Å²) in [6.07, 6.45) is 4.29. The van der Waals surface area contributed by atoms with Crippen molar-refractivity contribution in [3.63, 3.8) is 0 Å². The van der Waals surface area contributed by atoms with Gasteiger partial charge in [-0.15, -0.1) is 0 Å². The van der Waals surface area contributed by atoms with E-state index in [1.165, 1.54) is 11.1 Å². The van der Waals surface area contributed by atoms with Crippen molar-refractivity contribution < 1.29 is 9.53 Å². The molecule has 2 rings (SSSR count).